The Balaban J connectivity index is 2.02. The van der Waals surface area contributed by atoms with E-state index in [1.807, 2.05) is 6.20 Å². The highest BCUT2D eigenvalue weighted by atomic mass is 15.1. The molecule has 1 N–H and O–H groups in total. The lowest BCUT2D eigenvalue weighted by Gasteiger charge is -2.34. The maximum atomic E-state index is 4.37. The molecule has 0 amide bonds. The fraction of sp³-hybridized carbons (Fsp3) is 0.667. The first-order chi connectivity index (χ1) is 8.83. The zero-order valence-corrected chi connectivity index (χ0v) is 11.7. The topological polar surface area (TPSA) is 28.2 Å². The van der Waals surface area contributed by atoms with Crippen LogP contribution in [0, 0.1) is 5.92 Å². The number of nitrogens with zero attached hydrogens (tertiary/aromatic N) is 2. The molecular formula is C15H25N3. The summed E-state index contributed by atoms with van der Waals surface area (Å²) in [6.07, 6.45) is 7.05. The maximum absolute atomic E-state index is 4.37. The minimum Gasteiger partial charge on any atom is -0.371 e. The molecule has 1 aliphatic rings. The number of anilines is 2. The molecule has 2 heterocycles. The van der Waals surface area contributed by atoms with Crippen molar-refractivity contribution >= 4 is 11.5 Å². The van der Waals surface area contributed by atoms with Gasteiger partial charge in [0.1, 0.15) is 5.82 Å². The highest BCUT2D eigenvalue weighted by Gasteiger charge is 2.18. The van der Waals surface area contributed by atoms with Gasteiger partial charge < -0.3 is 10.2 Å². The number of hydrogen-bond acceptors (Lipinski definition) is 3. The lowest BCUT2D eigenvalue weighted by molar-refractivity contribution is 0.404. The Morgan fingerprint density at radius 3 is 3.11 bits per heavy atom. The van der Waals surface area contributed by atoms with Gasteiger partial charge in [0, 0.05) is 37.6 Å². The SMILES string of the molecule is CCCNc1cc(N2CCCC(CC)C2)ccn1. The van der Waals surface area contributed by atoms with Crippen LogP contribution in [0.2, 0.25) is 0 Å². The van der Waals surface area contributed by atoms with Crippen LogP contribution in [0.1, 0.15) is 39.5 Å². The molecule has 0 spiro atoms. The molecule has 1 fully saturated rings. The van der Waals surface area contributed by atoms with Crippen LogP contribution in [0.5, 0.6) is 0 Å². The molecule has 1 aromatic rings. The van der Waals surface area contributed by atoms with E-state index in [1.165, 1.54) is 38.0 Å². The number of rotatable bonds is 5. The van der Waals surface area contributed by atoms with Gasteiger partial charge in [0.2, 0.25) is 0 Å². The molecule has 1 atom stereocenters. The monoisotopic (exact) mass is 247 g/mol. The fourth-order valence-electron chi connectivity index (χ4n) is 2.60. The number of aromatic nitrogens is 1. The molecule has 1 aliphatic heterocycles. The van der Waals surface area contributed by atoms with Crippen LogP contribution in [-0.4, -0.2) is 24.6 Å². The lowest BCUT2D eigenvalue weighted by atomic mass is 9.95. The predicted octanol–water partition coefficient (Wildman–Crippen LogP) is 3.53. The molecule has 1 saturated heterocycles. The molecule has 1 aromatic heterocycles. The summed E-state index contributed by atoms with van der Waals surface area (Å²) in [6, 6.07) is 4.32. The van der Waals surface area contributed by atoms with Gasteiger partial charge in [-0.2, -0.15) is 0 Å². The zero-order chi connectivity index (χ0) is 12.8. The predicted molar refractivity (Wildman–Crippen MR) is 78.2 cm³/mol. The average Bonchev–Trinajstić information content (AvgIpc) is 2.45. The van der Waals surface area contributed by atoms with Crippen LogP contribution in [-0.2, 0) is 0 Å². The second-order valence-electron chi connectivity index (χ2n) is 5.19. The Morgan fingerprint density at radius 1 is 1.44 bits per heavy atom. The summed E-state index contributed by atoms with van der Waals surface area (Å²) in [5, 5.41) is 3.36. The van der Waals surface area contributed by atoms with Gasteiger partial charge in [0.25, 0.3) is 0 Å². The third-order valence-electron chi connectivity index (χ3n) is 3.76. The maximum Gasteiger partial charge on any atom is 0.127 e. The molecule has 3 heteroatoms. The molecule has 0 aliphatic carbocycles. The van der Waals surface area contributed by atoms with Gasteiger partial charge in [0.05, 0.1) is 0 Å². The van der Waals surface area contributed by atoms with E-state index in [0.29, 0.717) is 0 Å². The summed E-state index contributed by atoms with van der Waals surface area (Å²) in [5.74, 6) is 1.87. The highest BCUT2D eigenvalue weighted by Crippen LogP contribution is 2.25. The molecule has 18 heavy (non-hydrogen) atoms. The molecule has 0 aromatic carbocycles. The van der Waals surface area contributed by atoms with E-state index in [4.69, 9.17) is 0 Å². The van der Waals surface area contributed by atoms with Gasteiger partial charge >= 0.3 is 0 Å². The van der Waals surface area contributed by atoms with Crippen LogP contribution in [0.15, 0.2) is 18.3 Å². The van der Waals surface area contributed by atoms with Crippen molar-refractivity contribution < 1.29 is 0 Å². The molecule has 100 valence electrons. The molecule has 0 saturated carbocycles. The number of pyridine rings is 1. The third kappa shape index (κ3) is 3.37. The average molecular weight is 247 g/mol. The molecule has 2 rings (SSSR count). The van der Waals surface area contributed by atoms with Crippen molar-refractivity contribution in [2.75, 3.05) is 29.9 Å². The summed E-state index contributed by atoms with van der Waals surface area (Å²) in [7, 11) is 0. The van der Waals surface area contributed by atoms with Crippen LogP contribution in [0.4, 0.5) is 11.5 Å². The van der Waals surface area contributed by atoms with E-state index < -0.39 is 0 Å². The molecular weight excluding hydrogens is 222 g/mol. The second kappa shape index (κ2) is 6.62. The summed E-state index contributed by atoms with van der Waals surface area (Å²) in [4.78, 5) is 6.88. The quantitative estimate of drug-likeness (QED) is 0.862. The molecule has 0 radical (unpaired) electrons. The normalized spacial score (nSPS) is 19.9. The first kappa shape index (κ1) is 13.2. The van der Waals surface area contributed by atoms with Crippen molar-refractivity contribution in [3.05, 3.63) is 18.3 Å². The number of piperidine rings is 1. The van der Waals surface area contributed by atoms with Crippen LogP contribution in [0.3, 0.4) is 0 Å². The first-order valence-electron chi connectivity index (χ1n) is 7.28. The summed E-state index contributed by atoms with van der Waals surface area (Å²) >= 11 is 0. The van der Waals surface area contributed by atoms with E-state index >= 15 is 0 Å². The van der Waals surface area contributed by atoms with Crippen molar-refractivity contribution in [3.8, 4) is 0 Å². The Hall–Kier alpha value is -1.25. The van der Waals surface area contributed by atoms with Crippen LogP contribution in [0.25, 0.3) is 0 Å². The van der Waals surface area contributed by atoms with E-state index in [-0.39, 0.29) is 0 Å². The third-order valence-corrected chi connectivity index (χ3v) is 3.76. The minimum absolute atomic E-state index is 0.860. The minimum atomic E-state index is 0.860. The standard InChI is InChI=1S/C15H25N3/c1-3-8-16-15-11-14(7-9-17-15)18-10-5-6-13(4-2)12-18/h7,9,11,13H,3-6,8,10,12H2,1-2H3,(H,16,17). The van der Waals surface area contributed by atoms with Gasteiger partial charge in [-0.05, 0) is 31.2 Å². The largest absolute Gasteiger partial charge is 0.371 e. The van der Waals surface area contributed by atoms with Crippen molar-refractivity contribution in [1.82, 2.24) is 4.98 Å². The lowest BCUT2D eigenvalue weighted by Crippen LogP contribution is -2.35. The molecule has 1 unspecified atom stereocenters. The van der Waals surface area contributed by atoms with Gasteiger partial charge in [0.15, 0.2) is 0 Å². The molecule has 3 nitrogen and oxygen atoms in total. The highest BCUT2D eigenvalue weighted by molar-refractivity contribution is 5.54. The summed E-state index contributed by atoms with van der Waals surface area (Å²) in [6.45, 7) is 7.86. The van der Waals surface area contributed by atoms with E-state index in [2.05, 4.69) is 41.2 Å². The van der Waals surface area contributed by atoms with Crippen LogP contribution >= 0.6 is 0 Å². The number of hydrogen-bond donors (Lipinski definition) is 1. The van der Waals surface area contributed by atoms with Gasteiger partial charge in [-0.15, -0.1) is 0 Å². The van der Waals surface area contributed by atoms with Crippen molar-refractivity contribution in [1.29, 1.82) is 0 Å². The Morgan fingerprint density at radius 2 is 2.33 bits per heavy atom. The van der Waals surface area contributed by atoms with Gasteiger partial charge in [-0.1, -0.05) is 20.3 Å². The van der Waals surface area contributed by atoms with E-state index in [0.717, 1.165) is 24.7 Å². The Labute approximate surface area is 111 Å². The summed E-state index contributed by atoms with van der Waals surface area (Å²) < 4.78 is 0. The number of nitrogens with one attached hydrogen (secondary N) is 1. The second-order valence-corrected chi connectivity index (χ2v) is 5.19. The van der Waals surface area contributed by atoms with Crippen molar-refractivity contribution in [2.45, 2.75) is 39.5 Å². The first-order valence-corrected chi connectivity index (χ1v) is 7.28. The zero-order valence-electron chi connectivity index (χ0n) is 11.7. The fourth-order valence-corrected chi connectivity index (χ4v) is 2.60. The smallest absolute Gasteiger partial charge is 0.127 e. The summed E-state index contributed by atoms with van der Waals surface area (Å²) in [5.41, 5.74) is 1.32. The van der Waals surface area contributed by atoms with Gasteiger partial charge in [-0.25, -0.2) is 4.98 Å². The van der Waals surface area contributed by atoms with Gasteiger partial charge in [-0.3, -0.25) is 0 Å². The molecule has 0 bridgehead atoms. The Bertz CT molecular complexity index is 365. The van der Waals surface area contributed by atoms with Crippen molar-refractivity contribution in [2.24, 2.45) is 5.92 Å². The van der Waals surface area contributed by atoms with E-state index in [1.54, 1.807) is 0 Å². The van der Waals surface area contributed by atoms with E-state index in [9.17, 15) is 0 Å². The van der Waals surface area contributed by atoms with Crippen LogP contribution < -0.4 is 10.2 Å². The Kier molecular flexibility index (Phi) is 4.85. The van der Waals surface area contributed by atoms with Crippen molar-refractivity contribution in [3.63, 3.8) is 0 Å².